The number of nitrogens with zero attached hydrogens (tertiary/aromatic N) is 2. The van der Waals surface area contributed by atoms with Crippen LogP contribution in [0.15, 0.2) is 48.8 Å². The predicted molar refractivity (Wildman–Crippen MR) is 120 cm³/mol. The zero-order chi connectivity index (χ0) is 20.6. The van der Waals surface area contributed by atoms with E-state index in [-0.39, 0.29) is 11.8 Å². The Morgan fingerprint density at radius 3 is 2.53 bits per heavy atom. The number of aromatic nitrogens is 1. The standard InChI is InChI=1S/C24H32N4O2/c29-24(19-4-1-2-5-19)27-21-7-9-22(10-8-21)28-15-11-20(12-16-28)26-14-17-30-23-6-3-13-25-18-23/h3,6-10,13,18-20,26H,1-2,4-5,11-12,14-17H2,(H,27,29). The molecular formula is C24H32N4O2. The van der Waals surface area contributed by atoms with Crippen molar-refractivity contribution < 1.29 is 9.53 Å². The van der Waals surface area contributed by atoms with E-state index in [1.807, 2.05) is 24.3 Å². The van der Waals surface area contributed by atoms with Gasteiger partial charge in [-0.1, -0.05) is 12.8 Å². The summed E-state index contributed by atoms with van der Waals surface area (Å²) < 4.78 is 5.69. The number of carbonyl (C=O) groups is 1. The molecule has 6 heteroatoms. The molecule has 0 unspecified atom stereocenters. The van der Waals surface area contributed by atoms with Gasteiger partial charge in [-0.25, -0.2) is 0 Å². The molecule has 2 N–H and O–H groups in total. The van der Waals surface area contributed by atoms with Gasteiger partial charge in [0, 0.05) is 49.2 Å². The Labute approximate surface area is 179 Å². The van der Waals surface area contributed by atoms with Gasteiger partial charge in [-0.2, -0.15) is 0 Å². The Hall–Kier alpha value is -2.60. The minimum absolute atomic E-state index is 0.180. The number of ether oxygens (including phenoxy) is 1. The van der Waals surface area contributed by atoms with Crippen molar-refractivity contribution in [3.63, 3.8) is 0 Å². The zero-order valence-corrected chi connectivity index (χ0v) is 17.6. The highest BCUT2D eigenvalue weighted by molar-refractivity contribution is 5.92. The summed E-state index contributed by atoms with van der Waals surface area (Å²) in [6.45, 7) is 3.57. The molecular weight excluding hydrogens is 376 g/mol. The first-order valence-electron chi connectivity index (χ1n) is 11.2. The molecule has 6 nitrogen and oxygen atoms in total. The second kappa shape index (κ2) is 10.4. The summed E-state index contributed by atoms with van der Waals surface area (Å²) in [6.07, 6.45) is 10.1. The average Bonchev–Trinajstić information content (AvgIpc) is 3.34. The highest BCUT2D eigenvalue weighted by Gasteiger charge is 2.23. The van der Waals surface area contributed by atoms with Crippen molar-refractivity contribution in [3.8, 4) is 5.75 Å². The normalized spacial score (nSPS) is 17.8. The van der Waals surface area contributed by atoms with Crippen LogP contribution in [0.1, 0.15) is 38.5 Å². The smallest absolute Gasteiger partial charge is 0.227 e. The first-order valence-corrected chi connectivity index (χ1v) is 11.2. The van der Waals surface area contributed by atoms with Crippen molar-refractivity contribution in [2.45, 2.75) is 44.6 Å². The lowest BCUT2D eigenvalue weighted by atomic mass is 10.0. The van der Waals surface area contributed by atoms with E-state index in [1.54, 1.807) is 12.4 Å². The van der Waals surface area contributed by atoms with Crippen molar-refractivity contribution in [1.82, 2.24) is 10.3 Å². The maximum atomic E-state index is 12.3. The number of piperidine rings is 1. The van der Waals surface area contributed by atoms with E-state index >= 15 is 0 Å². The summed E-state index contributed by atoms with van der Waals surface area (Å²) in [5, 5.41) is 6.68. The average molecular weight is 409 g/mol. The Morgan fingerprint density at radius 2 is 1.83 bits per heavy atom. The van der Waals surface area contributed by atoms with Crippen molar-refractivity contribution in [1.29, 1.82) is 0 Å². The van der Waals surface area contributed by atoms with Crippen LogP contribution in [-0.2, 0) is 4.79 Å². The largest absolute Gasteiger partial charge is 0.491 e. The Bertz CT molecular complexity index is 783. The van der Waals surface area contributed by atoms with Crippen molar-refractivity contribution in [3.05, 3.63) is 48.8 Å². The first-order chi connectivity index (χ1) is 14.8. The van der Waals surface area contributed by atoms with Crippen molar-refractivity contribution >= 4 is 17.3 Å². The topological polar surface area (TPSA) is 66.5 Å². The van der Waals surface area contributed by atoms with E-state index in [9.17, 15) is 4.79 Å². The van der Waals surface area contributed by atoms with Gasteiger partial charge in [-0.3, -0.25) is 9.78 Å². The lowest BCUT2D eigenvalue weighted by Crippen LogP contribution is -2.43. The molecule has 160 valence electrons. The summed E-state index contributed by atoms with van der Waals surface area (Å²) in [4.78, 5) is 18.8. The molecule has 2 fully saturated rings. The van der Waals surface area contributed by atoms with E-state index in [2.05, 4.69) is 32.7 Å². The molecule has 2 aliphatic rings. The third-order valence-electron chi connectivity index (χ3n) is 6.16. The fourth-order valence-electron chi connectivity index (χ4n) is 4.39. The minimum atomic E-state index is 0.180. The van der Waals surface area contributed by atoms with Crippen molar-refractivity contribution in [2.24, 2.45) is 5.92 Å². The number of pyridine rings is 1. The number of carbonyl (C=O) groups excluding carboxylic acids is 1. The molecule has 1 saturated carbocycles. The van der Waals surface area contributed by atoms with E-state index in [4.69, 9.17) is 4.74 Å². The molecule has 2 heterocycles. The summed E-state index contributed by atoms with van der Waals surface area (Å²) in [6, 6.07) is 12.7. The van der Waals surface area contributed by atoms with Gasteiger partial charge < -0.3 is 20.3 Å². The second-order valence-corrected chi connectivity index (χ2v) is 8.27. The first kappa shape index (κ1) is 20.7. The maximum Gasteiger partial charge on any atom is 0.227 e. The Kier molecular flexibility index (Phi) is 7.19. The molecule has 4 rings (SSSR count). The summed E-state index contributed by atoms with van der Waals surface area (Å²) in [5.41, 5.74) is 2.13. The summed E-state index contributed by atoms with van der Waals surface area (Å²) in [7, 11) is 0. The van der Waals surface area contributed by atoms with Crippen LogP contribution >= 0.6 is 0 Å². The van der Waals surface area contributed by atoms with Gasteiger partial charge >= 0.3 is 0 Å². The van der Waals surface area contributed by atoms with Crippen LogP contribution in [0.5, 0.6) is 5.75 Å². The molecule has 0 atom stereocenters. The fourth-order valence-corrected chi connectivity index (χ4v) is 4.39. The SMILES string of the molecule is O=C(Nc1ccc(N2CCC(NCCOc3cccnc3)CC2)cc1)C1CCCC1. The molecule has 0 bridgehead atoms. The molecule has 30 heavy (non-hydrogen) atoms. The van der Waals surface area contributed by atoms with Gasteiger partial charge in [0.05, 0.1) is 6.20 Å². The Balaban J connectivity index is 1.16. The molecule has 1 aromatic carbocycles. The van der Waals surface area contributed by atoms with Crippen molar-refractivity contribution in [2.75, 3.05) is 36.5 Å². The van der Waals surface area contributed by atoms with Crippen LogP contribution in [0.4, 0.5) is 11.4 Å². The van der Waals surface area contributed by atoms with Crippen LogP contribution in [0, 0.1) is 5.92 Å². The van der Waals surface area contributed by atoms with E-state index in [0.717, 1.165) is 56.8 Å². The number of amides is 1. The number of hydrogen-bond donors (Lipinski definition) is 2. The van der Waals surface area contributed by atoms with Crippen LogP contribution < -0.4 is 20.3 Å². The number of rotatable bonds is 8. The van der Waals surface area contributed by atoms with E-state index in [0.29, 0.717) is 12.6 Å². The zero-order valence-electron chi connectivity index (χ0n) is 17.6. The van der Waals surface area contributed by atoms with Crippen LogP contribution in [-0.4, -0.2) is 43.2 Å². The molecule has 0 radical (unpaired) electrons. The molecule has 1 amide bonds. The van der Waals surface area contributed by atoms with Gasteiger partial charge in [0.2, 0.25) is 5.91 Å². The third kappa shape index (κ3) is 5.72. The monoisotopic (exact) mass is 408 g/mol. The van der Waals surface area contributed by atoms with Crippen LogP contribution in [0.25, 0.3) is 0 Å². The summed E-state index contributed by atoms with van der Waals surface area (Å²) in [5.74, 6) is 1.20. The van der Waals surface area contributed by atoms with Gasteiger partial charge in [0.15, 0.2) is 0 Å². The predicted octanol–water partition coefficient (Wildman–Crippen LogP) is 3.85. The van der Waals surface area contributed by atoms with E-state index in [1.165, 1.54) is 18.5 Å². The van der Waals surface area contributed by atoms with Crippen LogP contribution in [0.3, 0.4) is 0 Å². The molecule has 1 saturated heterocycles. The second-order valence-electron chi connectivity index (χ2n) is 8.27. The lowest BCUT2D eigenvalue weighted by Gasteiger charge is -2.34. The van der Waals surface area contributed by atoms with Gasteiger partial charge in [-0.05, 0) is 62.1 Å². The molecule has 0 spiro atoms. The molecule has 1 aliphatic carbocycles. The van der Waals surface area contributed by atoms with E-state index < -0.39 is 0 Å². The number of nitrogens with one attached hydrogen (secondary N) is 2. The highest BCUT2D eigenvalue weighted by Crippen LogP contribution is 2.27. The quantitative estimate of drug-likeness (QED) is 0.650. The highest BCUT2D eigenvalue weighted by atomic mass is 16.5. The number of hydrogen-bond acceptors (Lipinski definition) is 5. The Morgan fingerprint density at radius 1 is 1.07 bits per heavy atom. The van der Waals surface area contributed by atoms with Gasteiger partial charge in [-0.15, -0.1) is 0 Å². The fraction of sp³-hybridized carbons (Fsp3) is 0.500. The maximum absolute atomic E-state index is 12.3. The summed E-state index contributed by atoms with van der Waals surface area (Å²) >= 11 is 0. The van der Waals surface area contributed by atoms with Gasteiger partial charge in [0.25, 0.3) is 0 Å². The number of benzene rings is 1. The molecule has 1 aliphatic heterocycles. The molecule has 2 aromatic rings. The number of anilines is 2. The van der Waals surface area contributed by atoms with Gasteiger partial charge in [0.1, 0.15) is 12.4 Å². The minimum Gasteiger partial charge on any atom is -0.491 e. The third-order valence-corrected chi connectivity index (χ3v) is 6.16. The van der Waals surface area contributed by atoms with Crippen LogP contribution in [0.2, 0.25) is 0 Å². The molecule has 1 aromatic heterocycles. The lowest BCUT2D eigenvalue weighted by molar-refractivity contribution is -0.119.